The third-order valence-corrected chi connectivity index (χ3v) is 3.29. The maximum absolute atomic E-state index is 11.6. The van der Waals surface area contributed by atoms with E-state index < -0.39 is 0 Å². The molecule has 0 aromatic heterocycles. The van der Waals surface area contributed by atoms with Crippen LogP contribution in [0.2, 0.25) is 0 Å². The molecule has 78 valence electrons. The SMILES string of the molecule is CC12C=CC(C1)C(C(=O)OCCO)C2. The number of allylic oxidation sites excluding steroid dienone is 2. The summed E-state index contributed by atoms with van der Waals surface area (Å²) >= 11 is 0. The molecule has 3 atom stereocenters. The lowest BCUT2D eigenvalue weighted by Gasteiger charge is -2.20. The molecule has 14 heavy (non-hydrogen) atoms. The molecule has 2 aliphatic carbocycles. The van der Waals surface area contributed by atoms with E-state index >= 15 is 0 Å². The summed E-state index contributed by atoms with van der Waals surface area (Å²) in [5, 5.41) is 8.55. The molecule has 3 heteroatoms. The van der Waals surface area contributed by atoms with Crippen molar-refractivity contribution in [2.45, 2.75) is 19.8 Å². The molecule has 0 heterocycles. The van der Waals surface area contributed by atoms with Crippen LogP contribution in [0.1, 0.15) is 19.8 Å². The number of fused-ring (bicyclic) bond motifs is 2. The number of ether oxygens (including phenoxy) is 1. The van der Waals surface area contributed by atoms with E-state index in [9.17, 15) is 4.79 Å². The van der Waals surface area contributed by atoms with Crippen molar-refractivity contribution >= 4 is 5.97 Å². The van der Waals surface area contributed by atoms with Crippen molar-refractivity contribution in [3.8, 4) is 0 Å². The van der Waals surface area contributed by atoms with E-state index in [1.54, 1.807) is 0 Å². The van der Waals surface area contributed by atoms with Gasteiger partial charge >= 0.3 is 5.97 Å². The smallest absolute Gasteiger partial charge is 0.309 e. The van der Waals surface area contributed by atoms with Crippen molar-refractivity contribution in [2.24, 2.45) is 17.3 Å². The fourth-order valence-electron chi connectivity index (χ4n) is 2.62. The number of hydrogen-bond acceptors (Lipinski definition) is 3. The Bertz CT molecular complexity index is 272. The summed E-state index contributed by atoms with van der Waals surface area (Å²) in [7, 11) is 0. The van der Waals surface area contributed by atoms with Crippen LogP contribution in [-0.4, -0.2) is 24.3 Å². The fraction of sp³-hybridized carbons (Fsp3) is 0.727. The number of carbonyl (C=O) groups is 1. The van der Waals surface area contributed by atoms with Crippen molar-refractivity contribution < 1.29 is 14.6 Å². The predicted octanol–water partition coefficient (Wildman–Crippen LogP) is 1.12. The molecule has 1 fully saturated rings. The summed E-state index contributed by atoms with van der Waals surface area (Å²) < 4.78 is 4.95. The number of carbonyl (C=O) groups excluding carboxylic acids is 1. The monoisotopic (exact) mass is 196 g/mol. The summed E-state index contributed by atoms with van der Waals surface area (Å²) in [5.74, 6) is 0.250. The Morgan fingerprint density at radius 3 is 2.93 bits per heavy atom. The molecule has 0 spiro atoms. The zero-order valence-corrected chi connectivity index (χ0v) is 8.40. The topological polar surface area (TPSA) is 46.5 Å². The van der Waals surface area contributed by atoms with Gasteiger partial charge in [-0.05, 0) is 24.2 Å². The van der Waals surface area contributed by atoms with Gasteiger partial charge in [0.2, 0.25) is 0 Å². The largest absolute Gasteiger partial charge is 0.463 e. The van der Waals surface area contributed by atoms with E-state index in [1.807, 2.05) is 0 Å². The number of esters is 1. The van der Waals surface area contributed by atoms with Gasteiger partial charge in [0.25, 0.3) is 0 Å². The van der Waals surface area contributed by atoms with Crippen LogP contribution in [0.25, 0.3) is 0 Å². The second kappa shape index (κ2) is 3.39. The Hall–Kier alpha value is -0.830. The van der Waals surface area contributed by atoms with Crippen molar-refractivity contribution in [3.05, 3.63) is 12.2 Å². The molecule has 2 bridgehead atoms. The molecule has 1 saturated carbocycles. The maximum Gasteiger partial charge on any atom is 0.309 e. The van der Waals surface area contributed by atoms with Crippen LogP contribution in [0.4, 0.5) is 0 Å². The van der Waals surface area contributed by atoms with Crippen LogP contribution in [0.5, 0.6) is 0 Å². The van der Waals surface area contributed by atoms with Gasteiger partial charge in [-0.3, -0.25) is 4.79 Å². The molecule has 0 aromatic rings. The van der Waals surface area contributed by atoms with E-state index in [4.69, 9.17) is 9.84 Å². The summed E-state index contributed by atoms with van der Waals surface area (Å²) in [5.41, 5.74) is 0.216. The zero-order valence-electron chi connectivity index (χ0n) is 8.40. The van der Waals surface area contributed by atoms with E-state index in [0.717, 1.165) is 12.8 Å². The van der Waals surface area contributed by atoms with Crippen LogP contribution >= 0.6 is 0 Å². The van der Waals surface area contributed by atoms with Crippen LogP contribution in [0, 0.1) is 17.3 Å². The van der Waals surface area contributed by atoms with Gasteiger partial charge in [0, 0.05) is 0 Å². The van der Waals surface area contributed by atoms with E-state index in [-0.39, 0.29) is 30.5 Å². The van der Waals surface area contributed by atoms with Gasteiger partial charge in [0.15, 0.2) is 0 Å². The van der Waals surface area contributed by atoms with Crippen molar-refractivity contribution in [2.75, 3.05) is 13.2 Å². The highest BCUT2D eigenvalue weighted by Crippen LogP contribution is 2.52. The van der Waals surface area contributed by atoms with Crippen molar-refractivity contribution in [3.63, 3.8) is 0 Å². The quantitative estimate of drug-likeness (QED) is 0.543. The molecule has 1 N–H and O–H groups in total. The Morgan fingerprint density at radius 2 is 2.43 bits per heavy atom. The standard InChI is InChI=1S/C11H16O3/c1-11-3-2-8(6-11)9(7-11)10(13)14-5-4-12/h2-3,8-9,12H,4-7H2,1H3. The van der Waals surface area contributed by atoms with Gasteiger partial charge in [0.1, 0.15) is 6.61 Å². The number of hydrogen-bond donors (Lipinski definition) is 1. The molecule has 2 rings (SSSR count). The van der Waals surface area contributed by atoms with Crippen molar-refractivity contribution in [1.82, 2.24) is 0 Å². The summed E-state index contributed by atoms with van der Waals surface area (Å²) in [4.78, 5) is 11.6. The lowest BCUT2D eigenvalue weighted by Crippen LogP contribution is -2.23. The Morgan fingerprint density at radius 1 is 1.64 bits per heavy atom. The minimum atomic E-state index is -0.142. The predicted molar refractivity (Wildman–Crippen MR) is 51.5 cm³/mol. The van der Waals surface area contributed by atoms with Gasteiger partial charge in [-0.2, -0.15) is 0 Å². The molecule has 0 amide bonds. The first kappa shape index (κ1) is 9.71. The highest BCUT2D eigenvalue weighted by Gasteiger charge is 2.47. The van der Waals surface area contributed by atoms with Crippen LogP contribution in [0.15, 0.2) is 12.2 Å². The third-order valence-electron chi connectivity index (χ3n) is 3.29. The van der Waals surface area contributed by atoms with Gasteiger partial charge in [0.05, 0.1) is 12.5 Å². The van der Waals surface area contributed by atoms with Gasteiger partial charge in [-0.25, -0.2) is 0 Å². The average Bonchev–Trinajstić information content (AvgIpc) is 2.68. The highest BCUT2D eigenvalue weighted by atomic mass is 16.5. The maximum atomic E-state index is 11.6. The average molecular weight is 196 g/mol. The number of rotatable bonds is 3. The first-order valence-electron chi connectivity index (χ1n) is 5.11. The Balaban J connectivity index is 1.95. The first-order valence-corrected chi connectivity index (χ1v) is 5.11. The minimum absolute atomic E-state index is 0.0246. The normalized spacial score (nSPS) is 39.0. The summed E-state index contributed by atoms with van der Waals surface area (Å²) in [6.07, 6.45) is 6.33. The fourth-order valence-corrected chi connectivity index (χ4v) is 2.62. The van der Waals surface area contributed by atoms with Crippen LogP contribution < -0.4 is 0 Å². The Labute approximate surface area is 83.8 Å². The molecular formula is C11H16O3. The van der Waals surface area contributed by atoms with Gasteiger partial charge < -0.3 is 9.84 Å². The van der Waals surface area contributed by atoms with Crippen LogP contribution in [0.3, 0.4) is 0 Å². The number of aliphatic hydroxyl groups is 1. The molecule has 0 aromatic carbocycles. The van der Waals surface area contributed by atoms with E-state index in [2.05, 4.69) is 19.1 Å². The molecule has 0 saturated heterocycles. The molecule has 3 unspecified atom stereocenters. The molecular weight excluding hydrogens is 180 g/mol. The second-order valence-electron chi connectivity index (χ2n) is 4.58. The molecule has 3 nitrogen and oxygen atoms in total. The van der Waals surface area contributed by atoms with E-state index in [0.29, 0.717) is 5.92 Å². The molecule has 0 aliphatic heterocycles. The Kier molecular flexibility index (Phi) is 2.35. The first-order chi connectivity index (χ1) is 6.64. The summed E-state index contributed by atoms with van der Waals surface area (Å²) in [6.45, 7) is 2.22. The summed E-state index contributed by atoms with van der Waals surface area (Å²) in [6, 6.07) is 0. The van der Waals surface area contributed by atoms with Crippen molar-refractivity contribution in [1.29, 1.82) is 0 Å². The lowest BCUT2D eigenvalue weighted by molar-refractivity contribution is -0.150. The minimum Gasteiger partial charge on any atom is -0.463 e. The highest BCUT2D eigenvalue weighted by molar-refractivity contribution is 5.74. The third kappa shape index (κ3) is 1.57. The second-order valence-corrected chi connectivity index (χ2v) is 4.58. The van der Waals surface area contributed by atoms with E-state index in [1.165, 1.54) is 0 Å². The zero-order chi connectivity index (χ0) is 10.2. The van der Waals surface area contributed by atoms with Gasteiger partial charge in [-0.1, -0.05) is 19.1 Å². The molecule has 2 aliphatic rings. The van der Waals surface area contributed by atoms with Gasteiger partial charge in [-0.15, -0.1) is 0 Å². The molecule has 0 radical (unpaired) electrons. The number of aliphatic hydroxyl groups excluding tert-OH is 1. The lowest BCUT2D eigenvalue weighted by atomic mass is 9.86. The van der Waals surface area contributed by atoms with Crippen LogP contribution in [-0.2, 0) is 9.53 Å².